The highest BCUT2D eigenvalue weighted by Crippen LogP contribution is 2.40. The van der Waals surface area contributed by atoms with Crippen molar-refractivity contribution in [1.82, 2.24) is 14.6 Å². The molecule has 1 aliphatic heterocycles. The molecule has 0 unspecified atom stereocenters. The highest BCUT2D eigenvalue weighted by molar-refractivity contribution is 7.97. The molecule has 2 aliphatic rings. The van der Waals surface area contributed by atoms with Gasteiger partial charge in [-0.3, -0.25) is 10.0 Å². The molecule has 2 fully saturated rings. The smallest absolute Gasteiger partial charge is 0.411 e. The number of hydrogen-bond acceptors (Lipinski definition) is 8. The molecule has 0 spiro atoms. The van der Waals surface area contributed by atoms with E-state index in [1.807, 2.05) is 39.1 Å². The largest absolute Gasteiger partial charge is 0.449 e. The molecule has 2 N–H and O–H groups in total. The number of likely N-dealkylation sites (tertiary alicyclic amines) is 1. The summed E-state index contributed by atoms with van der Waals surface area (Å²) >= 11 is 3.36. The number of carbonyl (C=O) groups is 2. The van der Waals surface area contributed by atoms with Gasteiger partial charge in [-0.1, -0.05) is 25.3 Å². The average molecular weight is 603 g/mol. The average Bonchev–Trinajstić information content (AvgIpc) is 3.40. The van der Waals surface area contributed by atoms with Crippen LogP contribution in [0.25, 0.3) is 10.4 Å². The van der Waals surface area contributed by atoms with E-state index in [0.29, 0.717) is 31.3 Å². The SMILES string of the molecule is CC(C)(C)NSc1cc(NC(=O)OCC2CCN(C(=O)OC(C)(C)C)CC2)ccc1-c1cnc(C2CCCCC2)s1. The molecule has 1 aliphatic carbocycles. The first kappa shape index (κ1) is 31.6. The van der Waals surface area contributed by atoms with Gasteiger partial charge in [0.05, 0.1) is 16.5 Å². The molecule has 0 atom stereocenters. The topological polar surface area (TPSA) is 92.8 Å². The molecule has 2 aromatic rings. The monoisotopic (exact) mass is 602 g/mol. The zero-order chi connectivity index (χ0) is 29.6. The second kappa shape index (κ2) is 13.8. The van der Waals surface area contributed by atoms with Gasteiger partial charge in [0.25, 0.3) is 0 Å². The van der Waals surface area contributed by atoms with Crippen molar-refractivity contribution < 1.29 is 19.1 Å². The normalized spacial score (nSPS) is 17.4. The van der Waals surface area contributed by atoms with Crippen molar-refractivity contribution in [2.75, 3.05) is 25.0 Å². The summed E-state index contributed by atoms with van der Waals surface area (Å²) in [6.07, 6.45) is 9.17. The molecular formula is C31H46N4O4S2. The van der Waals surface area contributed by atoms with E-state index in [-0.39, 0.29) is 17.6 Å². The maximum atomic E-state index is 12.7. The molecule has 1 aromatic carbocycles. The van der Waals surface area contributed by atoms with E-state index in [1.165, 1.54) is 37.1 Å². The Morgan fingerprint density at radius 2 is 1.76 bits per heavy atom. The van der Waals surface area contributed by atoms with Crippen LogP contribution < -0.4 is 10.0 Å². The zero-order valence-corrected chi connectivity index (χ0v) is 27.0. The van der Waals surface area contributed by atoms with Crippen LogP contribution in [0, 0.1) is 5.92 Å². The highest BCUT2D eigenvalue weighted by atomic mass is 32.2. The summed E-state index contributed by atoms with van der Waals surface area (Å²) in [6, 6.07) is 5.99. The summed E-state index contributed by atoms with van der Waals surface area (Å²) < 4.78 is 14.6. The van der Waals surface area contributed by atoms with Crippen LogP contribution in [-0.2, 0) is 9.47 Å². The molecule has 2 heterocycles. The second-order valence-corrected chi connectivity index (χ2v) is 15.1. The molecule has 41 heavy (non-hydrogen) atoms. The van der Waals surface area contributed by atoms with E-state index < -0.39 is 11.7 Å². The Morgan fingerprint density at radius 3 is 2.41 bits per heavy atom. The number of carbonyl (C=O) groups excluding carboxylic acids is 2. The molecular weight excluding hydrogens is 556 g/mol. The first-order chi connectivity index (χ1) is 19.4. The van der Waals surface area contributed by atoms with Crippen molar-refractivity contribution in [1.29, 1.82) is 0 Å². The summed E-state index contributed by atoms with van der Waals surface area (Å²) in [5.41, 5.74) is 1.22. The summed E-state index contributed by atoms with van der Waals surface area (Å²) in [5, 5.41) is 4.15. The minimum atomic E-state index is -0.507. The molecule has 8 nitrogen and oxygen atoms in total. The molecule has 10 heteroatoms. The lowest BCUT2D eigenvalue weighted by atomic mass is 9.90. The second-order valence-electron chi connectivity index (χ2n) is 13.2. The summed E-state index contributed by atoms with van der Waals surface area (Å²) in [4.78, 5) is 33.7. The summed E-state index contributed by atoms with van der Waals surface area (Å²) in [5.74, 6) is 0.792. The van der Waals surface area contributed by atoms with Crippen LogP contribution in [0.2, 0.25) is 0 Å². The molecule has 1 aromatic heterocycles. The number of piperidine rings is 1. The van der Waals surface area contributed by atoms with Crippen LogP contribution in [0.4, 0.5) is 15.3 Å². The van der Waals surface area contributed by atoms with Gasteiger partial charge in [-0.15, -0.1) is 11.3 Å². The van der Waals surface area contributed by atoms with Crippen LogP contribution in [0.15, 0.2) is 29.3 Å². The number of nitrogens with zero attached hydrogens (tertiary/aromatic N) is 2. The summed E-state index contributed by atoms with van der Waals surface area (Å²) in [7, 11) is 0. The first-order valence-electron chi connectivity index (χ1n) is 14.8. The van der Waals surface area contributed by atoms with Gasteiger partial charge in [0.2, 0.25) is 0 Å². The third-order valence-electron chi connectivity index (χ3n) is 7.15. The number of rotatable bonds is 7. The number of benzene rings is 1. The Hall–Kier alpha value is -2.30. The number of hydrogen-bond donors (Lipinski definition) is 2. The van der Waals surface area contributed by atoms with Crippen LogP contribution >= 0.6 is 23.3 Å². The minimum absolute atomic E-state index is 0.0791. The first-order valence-corrected chi connectivity index (χ1v) is 16.5. The van der Waals surface area contributed by atoms with Gasteiger partial charge in [0, 0.05) is 46.9 Å². The molecule has 226 valence electrons. The number of aromatic nitrogens is 1. The summed E-state index contributed by atoms with van der Waals surface area (Å²) in [6.45, 7) is 13.5. The Labute approximate surface area is 253 Å². The lowest BCUT2D eigenvalue weighted by Gasteiger charge is -2.33. The predicted octanol–water partition coefficient (Wildman–Crippen LogP) is 8.45. The number of thiazole rings is 1. The fraction of sp³-hybridized carbons (Fsp3) is 0.645. The number of anilines is 1. The van der Waals surface area contributed by atoms with Gasteiger partial charge in [-0.05, 0) is 97.2 Å². The molecule has 2 amide bonds. The predicted molar refractivity (Wildman–Crippen MR) is 168 cm³/mol. The molecule has 0 bridgehead atoms. The quantitative estimate of drug-likeness (QED) is 0.307. The zero-order valence-electron chi connectivity index (χ0n) is 25.4. The Kier molecular flexibility index (Phi) is 10.6. The van der Waals surface area contributed by atoms with Crippen molar-refractivity contribution in [2.24, 2.45) is 5.92 Å². The van der Waals surface area contributed by atoms with E-state index >= 15 is 0 Å². The van der Waals surface area contributed by atoms with Crippen LogP contribution in [0.3, 0.4) is 0 Å². The Morgan fingerprint density at radius 1 is 1.05 bits per heavy atom. The fourth-order valence-corrected chi connectivity index (χ4v) is 7.08. The lowest BCUT2D eigenvalue weighted by Crippen LogP contribution is -2.42. The molecule has 1 saturated heterocycles. The number of nitrogens with one attached hydrogen (secondary N) is 2. The van der Waals surface area contributed by atoms with Crippen molar-refractivity contribution in [3.05, 3.63) is 29.4 Å². The Balaban J connectivity index is 1.34. The van der Waals surface area contributed by atoms with E-state index in [0.717, 1.165) is 28.2 Å². The minimum Gasteiger partial charge on any atom is -0.449 e. The van der Waals surface area contributed by atoms with Crippen molar-refractivity contribution in [3.8, 4) is 10.4 Å². The molecule has 4 rings (SSSR count). The lowest BCUT2D eigenvalue weighted by molar-refractivity contribution is 0.0153. The van der Waals surface area contributed by atoms with Crippen molar-refractivity contribution in [3.63, 3.8) is 0 Å². The van der Waals surface area contributed by atoms with E-state index in [9.17, 15) is 9.59 Å². The van der Waals surface area contributed by atoms with Crippen molar-refractivity contribution >= 4 is 41.2 Å². The Bertz CT molecular complexity index is 1170. The number of ether oxygens (including phenoxy) is 2. The van der Waals surface area contributed by atoms with Crippen LogP contribution in [-0.4, -0.2) is 52.9 Å². The van der Waals surface area contributed by atoms with Gasteiger partial charge in [-0.2, -0.15) is 0 Å². The van der Waals surface area contributed by atoms with Gasteiger partial charge >= 0.3 is 12.2 Å². The number of amides is 2. The molecule has 0 radical (unpaired) electrons. The highest BCUT2D eigenvalue weighted by Gasteiger charge is 2.27. The third-order valence-corrected chi connectivity index (χ3v) is 9.62. The fourth-order valence-electron chi connectivity index (χ4n) is 5.00. The maximum absolute atomic E-state index is 12.7. The van der Waals surface area contributed by atoms with Crippen LogP contribution in [0.1, 0.15) is 97.4 Å². The van der Waals surface area contributed by atoms with E-state index in [2.05, 4.69) is 36.9 Å². The van der Waals surface area contributed by atoms with E-state index in [4.69, 9.17) is 14.5 Å². The van der Waals surface area contributed by atoms with Gasteiger partial charge < -0.3 is 14.4 Å². The van der Waals surface area contributed by atoms with Gasteiger partial charge in [0.15, 0.2) is 0 Å². The van der Waals surface area contributed by atoms with Gasteiger partial charge in [-0.25, -0.2) is 14.6 Å². The standard InChI is InChI=1S/C31H46N4O4S2/c1-30(2,3)34-41-25-18-23(12-13-24(25)26-19-32-27(40-26)22-10-8-7-9-11-22)33-28(36)38-20-21-14-16-35(17-15-21)29(37)39-31(4,5)6/h12-13,18-19,21-22,34H,7-11,14-17,20H2,1-6H3,(H,33,36). The third kappa shape index (κ3) is 9.89. The van der Waals surface area contributed by atoms with E-state index in [1.54, 1.807) is 28.2 Å². The maximum Gasteiger partial charge on any atom is 0.411 e. The molecule has 1 saturated carbocycles. The van der Waals surface area contributed by atoms with Crippen molar-refractivity contribution in [2.45, 2.75) is 108 Å². The van der Waals surface area contributed by atoms with Gasteiger partial charge in [0.1, 0.15) is 5.60 Å². The van der Waals surface area contributed by atoms with Crippen LogP contribution in [0.5, 0.6) is 0 Å².